The predicted octanol–water partition coefficient (Wildman–Crippen LogP) is 8.84. The molecule has 1 saturated carbocycles. The molecule has 0 saturated heterocycles. The Bertz CT molecular complexity index is 931. The molecule has 0 aliphatic heterocycles. The van der Waals surface area contributed by atoms with Crippen molar-refractivity contribution in [3.63, 3.8) is 0 Å². The topological polar surface area (TPSA) is 46.2 Å². The Kier molecular flexibility index (Phi) is 13.2. The first-order chi connectivity index (χ1) is 18.0. The summed E-state index contributed by atoms with van der Waals surface area (Å²) in [6.45, 7) is 2.53. The summed E-state index contributed by atoms with van der Waals surface area (Å²) in [5, 5.41) is 3.13. The second kappa shape index (κ2) is 16.3. The summed E-state index contributed by atoms with van der Waals surface area (Å²) in [6.07, 6.45) is 16.7. The Morgan fingerprint density at radius 2 is 1.30 bits per heavy atom. The van der Waals surface area contributed by atoms with Crippen LogP contribution in [0.2, 0.25) is 0 Å². The third kappa shape index (κ3) is 10.2. The average Bonchev–Trinajstić information content (AvgIpc) is 2.92. The minimum atomic E-state index is -1.38. The van der Waals surface area contributed by atoms with Crippen molar-refractivity contribution in [2.45, 2.75) is 119 Å². The third-order valence-corrected chi connectivity index (χ3v) is 10.4. The number of alkyl halides is 1. The van der Waals surface area contributed by atoms with Crippen molar-refractivity contribution in [2.75, 3.05) is 0 Å². The maximum Gasteiger partial charge on any atom is 0.220 e. The van der Waals surface area contributed by atoms with Crippen LogP contribution < -0.4 is 5.32 Å². The van der Waals surface area contributed by atoms with Crippen molar-refractivity contribution >= 4 is 28.3 Å². The van der Waals surface area contributed by atoms with E-state index in [1.165, 1.54) is 51.4 Å². The Morgan fingerprint density at radius 3 is 1.81 bits per heavy atom. The minimum absolute atomic E-state index is 0.00771. The standard InChI is InChI=1S/C32H46ClNO2S/c1-27-19-21-29(22-20-27)37(36)31(33)32(25-30(35)34-26-28-17-13-12-14-18-28)23-15-10-8-6-4-2-3-5-7-9-11-16-24-32/h12-14,17-22,31H,2-11,15-16,23-26H2,1H3,(H,34,35). The molecule has 1 amide bonds. The Hall–Kier alpha value is -1.65. The number of halogens is 1. The smallest absolute Gasteiger partial charge is 0.220 e. The fourth-order valence-corrected chi connectivity index (χ4v) is 7.55. The van der Waals surface area contributed by atoms with Crippen LogP contribution in [0.5, 0.6) is 0 Å². The monoisotopic (exact) mass is 543 g/mol. The van der Waals surface area contributed by atoms with Crippen LogP contribution in [0.15, 0.2) is 59.5 Å². The van der Waals surface area contributed by atoms with E-state index in [1.807, 2.05) is 61.5 Å². The van der Waals surface area contributed by atoms with Crippen molar-refractivity contribution in [2.24, 2.45) is 5.41 Å². The lowest BCUT2D eigenvalue weighted by atomic mass is 9.76. The molecule has 0 spiro atoms. The molecule has 0 radical (unpaired) electrons. The summed E-state index contributed by atoms with van der Waals surface area (Å²) in [7, 11) is -1.38. The average molecular weight is 544 g/mol. The summed E-state index contributed by atoms with van der Waals surface area (Å²) in [5.74, 6) is 0.00771. The van der Waals surface area contributed by atoms with E-state index in [0.717, 1.165) is 54.5 Å². The molecule has 3 rings (SSSR count). The molecule has 5 heteroatoms. The zero-order valence-corrected chi connectivity index (χ0v) is 24.3. The lowest BCUT2D eigenvalue weighted by Crippen LogP contribution is -2.40. The van der Waals surface area contributed by atoms with Gasteiger partial charge < -0.3 is 5.32 Å². The lowest BCUT2D eigenvalue weighted by Gasteiger charge is -2.37. The van der Waals surface area contributed by atoms with E-state index in [-0.39, 0.29) is 5.91 Å². The van der Waals surface area contributed by atoms with Crippen LogP contribution in [-0.2, 0) is 22.1 Å². The molecule has 1 aliphatic rings. The number of hydrogen-bond acceptors (Lipinski definition) is 2. The molecule has 2 atom stereocenters. The van der Waals surface area contributed by atoms with E-state index < -0.39 is 20.9 Å². The highest BCUT2D eigenvalue weighted by Gasteiger charge is 2.42. The molecule has 1 fully saturated rings. The Balaban J connectivity index is 1.80. The number of aryl methyl sites for hydroxylation is 1. The van der Waals surface area contributed by atoms with E-state index >= 15 is 0 Å². The van der Waals surface area contributed by atoms with Gasteiger partial charge in [-0.1, -0.05) is 125 Å². The van der Waals surface area contributed by atoms with Gasteiger partial charge in [0.2, 0.25) is 5.91 Å². The van der Waals surface area contributed by atoms with Gasteiger partial charge in [0, 0.05) is 23.3 Å². The highest BCUT2D eigenvalue weighted by Crippen LogP contribution is 2.44. The van der Waals surface area contributed by atoms with Crippen LogP contribution in [-0.4, -0.2) is 14.8 Å². The van der Waals surface area contributed by atoms with E-state index in [1.54, 1.807) is 0 Å². The Labute approximate surface area is 232 Å². The van der Waals surface area contributed by atoms with Crippen LogP contribution in [0, 0.1) is 12.3 Å². The van der Waals surface area contributed by atoms with Gasteiger partial charge in [-0.3, -0.25) is 9.00 Å². The summed E-state index contributed by atoms with van der Waals surface area (Å²) < 4.78 is 13.2. The molecular weight excluding hydrogens is 498 g/mol. The van der Waals surface area contributed by atoms with Gasteiger partial charge in [0.05, 0.1) is 10.8 Å². The molecule has 0 aromatic heterocycles. The van der Waals surface area contributed by atoms with Gasteiger partial charge in [-0.2, -0.15) is 0 Å². The fourth-order valence-electron chi connectivity index (χ4n) is 5.53. The van der Waals surface area contributed by atoms with Gasteiger partial charge in [0.1, 0.15) is 4.71 Å². The summed E-state index contributed by atoms with van der Waals surface area (Å²) in [5.41, 5.74) is 1.73. The molecule has 2 aromatic rings. The minimum Gasteiger partial charge on any atom is -0.352 e. The first-order valence-electron chi connectivity index (χ1n) is 14.4. The fraction of sp³-hybridized carbons (Fsp3) is 0.594. The largest absolute Gasteiger partial charge is 0.352 e. The van der Waals surface area contributed by atoms with Crippen molar-refractivity contribution in [3.8, 4) is 0 Å². The number of nitrogens with one attached hydrogen (secondary N) is 1. The lowest BCUT2D eigenvalue weighted by molar-refractivity contribution is -0.123. The molecule has 1 N–H and O–H groups in total. The number of hydrogen-bond donors (Lipinski definition) is 1. The number of amides is 1. The highest BCUT2D eigenvalue weighted by atomic mass is 35.5. The Morgan fingerprint density at radius 1 is 0.811 bits per heavy atom. The van der Waals surface area contributed by atoms with Crippen LogP contribution in [0.4, 0.5) is 0 Å². The van der Waals surface area contributed by atoms with Crippen molar-refractivity contribution < 1.29 is 9.00 Å². The number of carbonyl (C=O) groups is 1. The van der Waals surface area contributed by atoms with Gasteiger partial charge in [-0.05, 0) is 37.5 Å². The summed E-state index contributed by atoms with van der Waals surface area (Å²) >= 11 is 7.20. The third-order valence-electron chi connectivity index (χ3n) is 7.87. The molecule has 0 bridgehead atoms. The van der Waals surface area contributed by atoms with Gasteiger partial charge in [-0.15, -0.1) is 11.6 Å². The quantitative estimate of drug-likeness (QED) is 0.354. The van der Waals surface area contributed by atoms with Gasteiger partial charge in [0.15, 0.2) is 0 Å². The van der Waals surface area contributed by atoms with Crippen molar-refractivity contribution in [1.29, 1.82) is 0 Å². The summed E-state index contributed by atoms with van der Waals surface area (Å²) in [4.78, 5) is 14.1. The number of carbonyl (C=O) groups excluding carboxylic acids is 1. The summed E-state index contributed by atoms with van der Waals surface area (Å²) in [6, 6.07) is 17.8. The number of benzene rings is 2. The van der Waals surface area contributed by atoms with Crippen LogP contribution in [0.1, 0.15) is 107 Å². The van der Waals surface area contributed by atoms with Gasteiger partial charge >= 0.3 is 0 Å². The zero-order valence-electron chi connectivity index (χ0n) is 22.7. The zero-order chi connectivity index (χ0) is 26.3. The highest BCUT2D eigenvalue weighted by molar-refractivity contribution is 7.87. The van der Waals surface area contributed by atoms with Gasteiger partial charge in [-0.25, -0.2) is 0 Å². The molecule has 1 aliphatic carbocycles. The molecule has 204 valence electrons. The molecule has 3 nitrogen and oxygen atoms in total. The van der Waals surface area contributed by atoms with Crippen LogP contribution >= 0.6 is 11.6 Å². The molecule has 37 heavy (non-hydrogen) atoms. The first-order valence-corrected chi connectivity index (χ1v) is 16.1. The second-order valence-electron chi connectivity index (χ2n) is 11.0. The van der Waals surface area contributed by atoms with Crippen LogP contribution in [0.25, 0.3) is 0 Å². The molecule has 2 unspecified atom stereocenters. The van der Waals surface area contributed by atoms with E-state index in [2.05, 4.69) is 5.32 Å². The predicted molar refractivity (Wildman–Crippen MR) is 157 cm³/mol. The molecular formula is C32H46ClNO2S. The maximum atomic E-state index is 13.8. The molecule has 2 aromatic carbocycles. The van der Waals surface area contributed by atoms with Crippen molar-refractivity contribution in [1.82, 2.24) is 5.32 Å². The normalized spacial score (nSPS) is 19.6. The second-order valence-corrected chi connectivity index (χ2v) is 13.2. The van der Waals surface area contributed by atoms with E-state index in [4.69, 9.17) is 11.6 Å². The van der Waals surface area contributed by atoms with Crippen molar-refractivity contribution in [3.05, 3.63) is 65.7 Å². The van der Waals surface area contributed by atoms with Crippen LogP contribution in [0.3, 0.4) is 0 Å². The van der Waals surface area contributed by atoms with Gasteiger partial charge in [0.25, 0.3) is 0 Å². The first kappa shape index (κ1) is 29.9. The number of rotatable bonds is 7. The SMILES string of the molecule is Cc1ccc(S(=O)C(Cl)C2(CC(=O)NCc3ccccc3)CCCCCCCCCCCCCC2)cc1. The molecule has 0 heterocycles. The van der Waals surface area contributed by atoms with E-state index in [0.29, 0.717) is 13.0 Å². The van der Waals surface area contributed by atoms with E-state index in [9.17, 15) is 9.00 Å². The maximum absolute atomic E-state index is 13.8.